The molecule has 0 atom stereocenters. The predicted octanol–water partition coefficient (Wildman–Crippen LogP) is 1.45. The van der Waals surface area contributed by atoms with Crippen molar-refractivity contribution in [3.8, 4) is 0 Å². The Morgan fingerprint density at radius 1 is 1.33 bits per heavy atom. The molecule has 0 saturated carbocycles. The summed E-state index contributed by atoms with van der Waals surface area (Å²) >= 11 is 1.15. The summed E-state index contributed by atoms with van der Waals surface area (Å²) in [6, 6.07) is 0.183. The van der Waals surface area contributed by atoms with Crippen LogP contribution in [0.15, 0.2) is 0 Å². The number of aliphatic carboxylic acids is 1. The maximum atomic E-state index is 11.7. The van der Waals surface area contributed by atoms with E-state index in [-0.39, 0.29) is 23.5 Å². The van der Waals surface area contributed by atoms with Crippen LogP contribution in [-0.2, 0) is 9.59 Å². The van der Waals surface area contributed by atoms with Crippen LogP contribution in [-0.4, -0.2) is 46.0 Å². The second-order valence-corrected chi connectivity index (χ2v) is 4.55. The Balaban J connectivity index is 3.97. The standard InChI is InChI=1S/C10H19NO3S/c1-4-5-11(8(2)3)9(12)6-15-7-10(13)14/h8H,4-7H2,1-3H3,(H,13,14). The Kier molecular flexibility index (Phi) is 7.21. The Hall–Kier alpha value is -0.710. The molecule has 0 saturated heterocycles. The normalized spacial score (nSPS) is 10.4. The fraction of sp³-hybridized carbons (Fsp3) is 0.800. The van der Waals surface area contributed by atoms with Crippen molar-refractivity contribution in [1.82, 2.24) is 4.90 Å². The molecule has 0 radical (unpaired) electrons. The van der Waals surface area contributed by atoms with Gasteiger partial charge >= 0.3 is 5.97 Å². The predicted molar refractivity (Wildman–Crippen MR) is 62.1 cm³/mol. The van der Waals surface area contributed by atoms with E-state index < -0.39 is 5.97 Å². The second-order valence-electron chi connectivity index (χ2n) is 3.57. The van der Waals surface area contributed by atoms with Crippen LogP contribution in [0.4, 0.5) is 0 Å². The van der Waals surface area contributed by atoms with Gasteiger partial charge in [0.25, 0.3) is 0 Å². The molecule has 0 fully saturated rings. The summed E-state index contributed by atoms with van der Waals surface area (Å²) in [5.74, 6) is -0.605. The van der Waals surface area contributed by atoms with Crippen molar-refractivity contribution in [3.63, 3.8) is 0 Å². The number of thioether (sulfide) groups is 1. The van der Waals surface area contributed by atoms with Gasteiger partial charge in [-0.25, -0.2) is 0 Å². The number of carbonyl (C=O) groups excluding carboxylic acids is 1. The largest absolute Gasteiger partial charge is 0.481 e. The third-order valence-electron chi connectivity index (χ3n) is 1.86. The first-order chi connectivity index (χ1) is 6.99. The van der Waals surface area contributed by atoms with Crippen LogP contribution in [0.2, 0.25) is 0 Å². The zero-order chi connectivity index (χ0) is 11.8. The van der Waals surface area contributed by atoms with Gasteiger partial charge < -0.3 is 10.0 Å². The molecule has 88 valence electrons. The van der Waals surface area contributed by atoms with Gasteiger partial charge in [0.2, 0.25) is 5.91 Å². The molecule has 1 N–H and O–H groups in total. The first kappa shape index (κ1) is 14.3. The minimum absolute atomic E-state index is 0.0101. The monoisotopic (exact) mass is 233 g/mol. The molecule has 0 aliphatic carbocycles. The van der Waals surface area contributed by atoms with E-state index >= 15 is 0 Å². The summed E-state index contributed by atoms with van der Waals surface area (Å²) in [6.07, 6.45) is 0.924. The van der Waals surface area contributed by atoms with Crippen LogP contribution in [0.5, 0.6) is 0 Å². The number of hydrogen-bond donors (Lipinski definition) is 1. The van der Waals surface area contributed by atoms with Gasteiger partial charge in [-0.3, -0.25) is 9.59 Å². The smallest absolute Gasteiger partial charge is 0.313 e. The fourth-order valence-electron chi connectivity index (χ4n) is 1.22. The maximum Gasteiger partial charge on any atom is 0.313 e. The van der Waals surface area contributed by atoms with Gasteiger partial charge in [-0.15, -0.1) is 11.8 Å². The van der Waals surface area contributed by atoms with Crippen molar-refractivity contribution in [2.24, 2.45) is 0 Å². The number of carbonyl (C=O) groups is 2. The molecule has 0 unspecified atom stereocenters. The number of rotatable bonds is 7. The van der Waals surface area contributed by atoms with Gasteiger partial charge in [0.05, 0.1) is 11.5 Å². The third kappa shape index (κ3) is 6.38. The molecule has 0 spiro atoms. The second kappa shape index (κ2) is 7.56. The Morgan fingerprint density at radius 2 is 1.93 bits per heavy atom. The van der Waals surface area contributed by atoms with E-state index in [1.54, 1.807) is 4.90 Å². The molecule has 0 rings (SSSR count). The number of carboxylic acid groups (broad SMARTS) is 1. The molecule has 0 aliphatic rings. The molecule has 0 heterocycles. The first-order valence-electron chi connectivity index (χ1n) is 5.08. The molecule has 0 aliphatic heterocycles. The molecule has 0 aromatic carbocycles. The van der Waals surface area contributed by atoms with E-state index in [2.05, 4.69) is 0 Å². The van der Waals surface area contributed by atoms with E-state index in [0.29, 0.717) is 0 Å². The first-order valence-corrected chi connectivity index (χ1v) is 6.23. The molecule has 4 nitrogen and oxygen atoms in total. The van der Waals surface area contributed by atoms with Crippen molar-refractivity contribution in [2.45, 2.75) is 33.2 Å². The zero-order valence-electron chi connectivity index (χ0n) is 9.52. The van der Waals surface area contributed by atoms with Crippen LogP contribution < -0.4 is 0 Å². The number of amides is 1. The minimum Gasteiger partial charge on any atom is -0.481 e. The van der Waals surface area contributed by atoms with Crippen LogP contribution in [0.25, 0.3) is 0 Å². The van der Waals surface area contributed by atoms with E-state index in [0.717, 1.165) is 24.7 Å². The summed E-state index contributed by atoms with van der Waals surface area (Å²) in [6.45, 7) is 6.70. The molecule has 0 aromatic heterocycles. The molecular weight excluding hydrogens is 214 g/mol. The van der Waals surface area contributed by atoms with Gasteiger partial charge in [0.15, 0.2) is 0 Å². The van der Waals surface area contributed by atoms with Gasteiger partial charge in [0.1, 0.15) is 0 Å². The summed E-state index contributed by atoms with van der Waals surface area (Å²) < 4.78 is 0. The van der Waals surface area contributed by atoms with Crippen molar-refractivity contribution in [3.05, 3.63) is 0 Å². The quantitative estimate of drug-likeness (QED) is 0.723. The SMILES string of the molecule is CCCN(C(=O)CSCC(=O)O)C(C)C. The lowest BCUT2D eigenvalue weighted by Crippen LogP contribution is -2.38. The molecule has 1 amide bonds. The topological polar surface area (TPSA) is 57.6 Å². The molecular formula is C10H19NO3S. The number of hydrogen-bond acceptors (Lipinski definition) is 3. The summed E-state index contributed by atoms with van der Waals surface area (Å²) in [4.78, 5) is 23.7. The Morgan fingerprint density at radius 3 is 2.33 bits per heavy atom. The van der Waals surface area contributed by atoms with Crippen molar-refractivity contribution < 1.29 is 14.7 Å². The van der Waals surface area contributed by atoms with E-state index in [9.17, 15) is 9.59 Å². The molecule has 0 bridgehead atoms. The Labute approximate surface area is 95.0 Å². The number of nitrogens with zero attached hydrogens (tertiary/aromatic N) is 1. The van der Waals surface area contributed by atoms with Crippen LogP contribution in [0.3, 0.4) is 0 Å². The summed E-state index contributed by atoms with van der Waals surface area (Å²) in [7, 11) is 0. The fourth-order valence-corrected chi connectivity index (χ4v) is 1.84. The molecule has 15 heavy (non-hydrogen) atoms. The highest BCUT2D eigenvalue weighted by molar-refractivity contribution is 8.00. The van der Waals surface area contributed by atoms with Crippen LogP contribution in [0, 0.1) is 0 Å². The number of carboxylic acids is 1. The maximum absolute atomic E-state index is 11.7. The van der Waals surface area contributed by atoms with Gasteiger partial charge in [-0.1, -0.05) is 6.92 Å². The average Bonchev–Trinajstić information content (AvgIpc) is 2.12. The van der Waals surface area contributed by atoms with Crippen LogP contribution >= 0.6 is 11.8 Å². The zero-order valence-corrected chi connectivity index (χ0v) is 10.3. The lowest BCUT2D eigenvalue weighted by atomic mass is 10.3. The van der Waals surface area contributed by atoms with E-state index in [1.807, 2.05) is 20.8 Å². The van der Waals surface area contributed by atoms with Gasteiger partial charge in [-0.2, -0.15) is 0 Å². The highest BCUT2D eigenvalue weighted by atomic mass is 32.2. The molecule has 5 heteroatoms. The lowest BCUT2D eigenvalue weighted by molar-refractivity contribution is -0.133. The van der Waals surface area contributed by atoms with E-state index in [1.165, 1.54) is 0 Å². The molecule has 0 aromatic rings. The highest BCUT2D eigenvalue weighted by Gasteiger charge is 2.15. The van der Waals surface area contributed by atoms with Crippen molar-refractivity contribution >= 4 is 23.6 Å². The Bertz CT molecular complexity index is 219. The van der Waals surface area contributed by atoms with Gasteiger partial charge in [0, 0.05) is 12.6 Å². The highest BCUT2D eigenvalue weighted by Crippen LogP contribution is 2.06. The van der Waals surface area contributed by atoms with Crippen LogP contribution in [0.1, 0.15) is 27.2 Å². The summed E-state index contributed by atoms with van der Waals surface area (Å²) in [5, 5.41) is 8.43. The third-order valence-corrected chi connectivity index (χ3v) is 2.76. The average molecular weight is 233 g/mol. The van der Waals surface area contributed by atoms with Gasteiger partial charge in [-0.05, 0) is 20.3 Å². The van der Waals surface area contributed by atoms with Crippen molar-refractivity contribution in [2.75, 3.05) is 18.1 Å². The van der Waals surface area contributed by atoms with Crippen molar-refractivity contribution in [1.29, 1.82) is 0 Å². The lowest BCUT2D eigenvalue weighted by Gasteiger charge is -2.26. The summed E-state index contributed by atoms with van der Waals surface area (Å²) in [5.41, 5.74) is 0. The minimum atomic E-state index is -0.876. The van der Waals surface area contributed by atoms with E-state index in [4.69, 9.17) is 5.11 Å².